The predicted molar refractivity (Wildman–Crippen MR) is 347 cm³/mol. The van der Waals surface area contributed by atoms with Gasteiger partial charge in [0.25, 0.3) is 0 Å². The average Bonchev–Trinajstić information content (AvgIpc) is 3.33. The molecule has 0 amide bonds. The molecule has 0 aromatic heterocycles. The number of benzene rings is 4. The monoisotopic (exact) mass is 1150 g/mol. The van der Waals surface area contributed by atoms with Crippen molar-refractivity contribution in [3.8, 4) is 34.5 Å². The van der Waals surface area contributed by atoms with Gasteiger partial charge in [-0.1, -0.05) is 253 Å². The molecule has 0 atom stereocenters. The van der Waals surface area contributed by atoms with Gasteiger partial charge in [0.2, 0.25) is 0 Å². The quantitative estimate of drug-likeness (QED) is 0.0253. The molecular weight excluding hydrogens is 1030 g/mol. The summed E-state index contributed by atoms with van der Waals surface area (Å²) < 4.78 is 51.8. The van der Waals surface area contributed by atoms with E-state index < -0.39 is 7.60 Å². The lowest BCUT2D eigenvalue weighted by molar-refractivity contribution is 0.258. The minimum Gasteiger partial charge on any atom is -0.490 e. The van der Waals surface area contributed by atoms with Gasteiger partial charge >= 0.3 is 7.60 Å². The van der Waals surface area contributed by atoms with E-state index in [1.165, 1.54) is 167 Å². The zero-order valence-corrected chi connectivity index (χ0v) is 53.5. The van der Waals surface area contributed by atoms with Crippen molar-refractivity contribution in [1.29, 1.82) is 0 Å². The Balaban J connectivity index is 1.63. The zero-order chi connectivity index (χ0) is 57.9. The Morgan fingerprint density at radius 3 is 0.556 bits per heavy atom. The second-order valence-electron chi connectivity index (χ2n) is 23.7. The van der Waals surface area contributed by atoms with E-state index in [1.807, 2.05) is 0 Å². The van der Waals surface area contributed by atoms with Crippen molar-refractivity contribution in [2.24, 2.45) is 0 Å². The summed E-state index contributed by atoms with van der Waals surface area (Å²) in [7, 11) is -3.84. The highest BCUT2D eigenvalue weighted by Gasteiger charge is 2.21. The van der Waals surface area contributed by atoms with Gasteiger partial charge < -0.3 is 38.2 Å². The fourth-order valence-electron chi connectivity index (χ4n) is 11.2. The largest absolute Gasteiger partial charge is 0.490 e. The van der Waals surface area contributed by atoms with Crippen molar-refractivity contribution in [3.63, 3.8) is 0 Å². The van der Waals surface area contributed by atoms with Crippen molar-refractivity contribution in [1.82, 2.24) is 0 Å². The van der Waals surface area contributed by atoms with Crippen LogP contribution >= 0.6 is 7.60 Å². The summed E-state index contributed by atoms with van der Waals surface area (Å²) in [5, 5.41) is 6.70. The maximum absolute atomic E-state index is 11.0. The topological polar surface area (TPSA) is 113 Å². The number of fused-ring (bicyclic) bond motifs is 6. The van der Waals surface area contributed by atoms with Crippen LogP contribution < -0.4 is 28.4 Å². The van der Waals surface area contributed by atoms with Crippen molar-refractivity contribution in [2.75, 3.05) is 45.8 Å². The third-order valence-electron chi connectivity index (χ3n) is 16.3. The molecule has 0 spiro atoms. The van der Waals surface area contributed by atoms with Crippen LogP contribution in [-0.4, -0.2) is 55.6 Å². The van der Waals surface area contributed by atoms with Crippen LogP contribution in [0.25, 0.3) is 32.3 Å². The smallest absolute Gasteiger partial charge is 0.325 e. The molecule has 0 fully saturated rings. The first-order valence-electron chi connectivity index (χ1n) is 34.1. The van der Waals surface area contributed by atoms with Crippen LogP contribution in [0.15, 0.2) is 36.4 Å². The van der Waals surface area contributed by atoms with Gasteiger partial charge in [0.15, 0.2) is 34.5 Å². The number of rotatable bonds is 55. The maximum Gasteiger partial charge on any atom is 0.325 e. The van der Waals surface area contributed by atoms with Gasteiger partial charge in [0, 0.05) is 6.16 Å². The van der Waals surface area contributed by atoms with Crippen LogP contribution in [0.1, 0.15) is 298 Å². The second-order valence-corrected chi connectivity index (χ2v) is 25.5. The molecule has 462 valence electrons. The molecule has 4 aromatic carbocycles. The molecule has 0 radical (unpaired) electrons. The van der Waals surface area contributed by atoms with Crippen LogP contribution in [0.3, 0.4) is 0 Å². The normalized spacial score (nSPS) is 11.8. The third-order valence-corrected chi connectivity index (χ3v) is 17.1. The highest BCUT2D eigenvalue weighted by Crippen LogP contribution is 2.47. The van der Waals surface area contributed by atoms with Gasteiger partial charge in [-0.15, -0.1) is 0 Å². The second kappa shape index (κ2) is 45.0. The molecule has 0 bridgehead atoms. The molecule has 4 aromatic rings. The molecule has 4 rings (SSSR count). The molecule has 2 N–H and O–H groups in total. The van der Waals surface area contributed by atoms with Crippen LogP contribution in [0.5, 0.6) is 34.5 Å². The Kier molecular flexibility index (Phi) is 39.0. The van der Waals surface area contributed by atoms with Crippen molar-refractivity contribution in [3.05, 3.63) is 36.4 Å². The lowest BCUT2D eigenvalue weighted by Gasteiger charge is -2.21. The summed E-state index contributed by atoms with van der Waals surface area (Å²) in [6.07, 6.45) is 48.3. The minimum absolute atomic E-state index is 0.0305. The summed E-state index contributed by atoms with van der Waals surface area (Å²) >= 11 is 0. The molecule has 0 saturated carbocycles. The predicted octanol–water partition coefficient (Wildman–Crippen LogP) is 22.7. The molecule has 0 unspecified atom stereocenters. The van der Waals surface area contributed by atoms with Gasteiger partial charge in [-0.2, -0.15) is 0 Å². The van der Waals surface area contributed by atoms with Crippen molar-refractivity contribution < 1.29 is 42.8 Å². The molecule has 0 heterocycles. The third kappa shape index (κ3) is 29.8. The van der Waals surface area contributed by atoms with Crippen LogP contribution in [0.4, 0.5) is 0 Å². The van der Waals surface area contributed by atoms with E-state index in [1.54, 1.807) is 0 Å². The van der Waals surface area contributed by atoms with E-state index in [0.29, 0.717) is 46.1 Å². The lowest BCUT2D eigenvalue weighted by atomic mass is 9.93. The van der Waals surface area contributed by atoms with E-state index in [0.717, 1.165) is 157 Å². The fraction of sp³-hybridized carbons (Fsp3) is 0.746. The SMILES string of the molecule is CCCCCCCOc1cc2c3cc(OCCCCCCC)c(OCCCCCCC)cc3c3cc(OCCCCCCCCCCCCCCCCCCP(=O)(O)O)c(OCCCCCCC)cc3c2cc1OCCCCCCC. The standard InChI is InChI=1S/C71H119O9P/c1-6-11-16-33-40-47-75-66-54-60-61-55-67(76-48-41-34-17-12-7-2)69(78-50-43-36-19-14-9-4)57-63(61)65-59-71(80-52-45-38-31-29-27-25-23-21-22-24-26-28-30-32-39-46-53-81(72,73)74)70(79-51-44-37-20-15-10-5)58-64(65)62(60)56-68(66)77-49-42-35-18-13-8-3/h54-59H,6-53H2,1-5H3,(H2,72,73,74). The first-order valence-corrected chi connectivity index (χ1v) is 35.9. The van der Waals surface area contributed by atoms with Gasteiger partial charge in [0.1, 0.15) is 0 Å². The lowest BCUT2D eigenvalue weighted by Crippen LogP contribution is -2.05. The van der Waals surface area contributed by atoms with Crippen LogP contribution in [0, 0.1) is 0 Å². The van der Waals surface area contributed by atoms with Crippen molar-refractivity contribution in [2.45, 2.75) is 298 Å². The van der Waals surface area contributed by atoms with Crippen LogP contribution in [-0.2, 0) is 4.57 Å². The Morgan fingerprint density at radius 1 is 0.247 bits per heavy atom. The van der Waals surface area contributed by atoms with Gasteiger partial charge in [-0.25, -0.2) is 0 Å². The van der Waals surface area contributed by atoms with E-state index in [-0.39, 0.29) is 6.16 Å². The molecule has 81 heavy (non-hydrogen) atoms. The first kappa shape index (κ1) is 70.1. The Morgan fingerprint density at radius 2 is 0.395 bits per heavy atom. The molecule has 0 aliphatic heterocycles. The summed E-state index contributed by atoms with van der Waals surface area (Å²) in [5.41, 5.74) is 0. The fourth-order valence-corrected chi connectivity index (χ4v) is 11.8. The van der Waals surface area contributed by atoms with Gasteiger partial charge in [-0.05, 0) is 114 Å². The Hall–Kier alpha value is -3.39. The molecule has 10 heteroatoms. The van der Waals surface area contributed by atoms with Crippen LogP contribution in [0.2, 0.25) is 0 Å². The van der Waals surface area contributed by atoms with E-state index in [9.17, 15) is 4.57 Å². The average molecular weight is 1150 g/mol. The number of hydrogen-bond donors (Lipinski definition) is 2. The minimum atomic E-state index is -3.84. The molecular formula is C71H119O9P. The number of unbranched alkanes of at least 4 members (excludes halogenated alkanes) is 35. The molecule has 0 aliphatic carbocycles. The summed E-state index contributed by atoms with van der Waals surface area (Å²) in [5.74, 6) is 4.88. The maximum atomic E-state index is 11.0. The van der Waals surface area contributed by atoms with Crippen molar-refractivity contribution >= 4 is 39.9 Å². The van der Waals surface area contributed by atoms with E-state index in [4.69, 9.17) is 38.2 Å². The number of ether oxygens (including phenoxy) is 6. The van der Waals surface area contributed by atoms with Gasteiger partial charge in [0.05, 0.1) is 39.6 Å². The Bertz CT molecular complexity index is 2200. The first-order chi connectivity index (χ1) is 39.7. The number of hydrogen-bond acceptors (Lipinski definition) is 7. The summed E-state index contributed by atoms with van der Waals surface area (Å²) in [6.45, 7) is 15.3. The van der Waals surface area contributed by atoms with E-state index >= 15 is 0 Å². The highest BCUT2D eigenvalue weighted by molar-refractivity contribution is 7.51. The summed E-state index contributed by atoms with van der Waals surface area (Å²) in [6, 6.07) is 13.6. The van der Waals surface area contributed by atoms with E-state index in [2.05, 4.69) is 71.0 Å². The van der Waals surface area contributed by atoms with Gasteiger partial charge in [-0.3, -0.25) is 4.57 Å². The zero-order valence-electron chi connectivity index (χ0n) is 52.6. The Labute approximate surface area is 495 Å². The highest BCUT2D eigenvalue weighted by atomic mass is 31.2. The molecule has 9 nitrogen and oxygen atoms in total. The summed E-state index contributed by atoms with van der Waals surface area (Å²) in [4.78, 5) is 18.1. The molecule has 0 saturated heterocycles. The molecule has 0 aliphatic rings.